The van der Waals surface area contributed by atoms with Gasteiger partial charge in [-0.05, 0) is 35.7 Å². The topological polar surface area (TPSA) is 59.8 Å². The molecule has 0 aliphatic carbocycles. The molecule has 0 radical (unpaired) electrons. The Kier molecular flexibility index (Phi) is 7.87. The molecule has 3 aromatic rings. The molecule has 3 rings (SSSR count). The summed E-state index contributed by atoms with van der Waals surface area (Å²) in [5, 5.41) is 12.8. The highest BCUT2D eigenvalue weighted by Crippen LogP contribution is 2.28. The molecule has 7 heteroatoms. The number of amides is 1. The molecular formula is C23H25BrN4OS. The number of hydrogen-bond donors (Lipinski definition) is 1. The summed E-state index contributed by atoms with van der Waals surface area (Å²) in [4.78, 5) is 12.7. The molecule has 0 saturated heterocycles. The van der Waals surface area contributed by atoms with E-state index in [-0.39, 0.29) is 17.9 Å². The van der Waals surface area contributed by atoms with Crippen LogP contribution >= 0.6 is 27.7 Å². The number of nitrogens with zero attached hydrogens (tertiary/aromatic N) is 3. The minimum atomic E-state index is -0.257. The second-order valence-electron chi connectivity index (χ2n) is 7.22. The van der Waals surface area contributed by atoms with E-state index in [1.165, 1.54) is 5.56 Å². The zero-order valence-corrected chi connectivity index (χ0v) is 19.5. The van der Waals surface area contributed by atoms with Crippen molar-refractivity contribution in [2.45, 2.75) is 37.3 Å². The Morgan fingerprint density at radius 3 is 2.50 bits per heavy atom. The second-order valence-corrected chi connectivity index (χ2v) is 9.07. The van der Waals surface area contributed by atoms with Crippen LogP contribution in [0, 0.1) is 5.92 Å². The van der Waals surface area contributed by atoms with E-state index >= 15 is 0 Å². The number of carbonyl (C=O) groups excluding carboxylic acids is 1. The highest BCUT2D eigenvalue weighted by Gasteiger charge is 2.26. The second kappa shape index (κ2) is 10.6. The Morgan fingerprint density at radius 2 is 1.87 bits per heavy atom. The lowest BCUT2D eigenvalue weighted by atomic mass is 10.0. The first kappa shape index (κ1) is 22.3. The minimum Gasteiger partial charge on any atom is -0.342 e. The van der Waals surface area contributed by atoms with Crippen LogP contribution in [0.1, 0.15) is 41.6 Å². The summed E-state index contributed by atoms with van der Waals surface area (Å²) >= 11 is 5.09. The molecule has 1 atom stereocenters. The van der Waals surface area contributed by atoms with Gasteiger partial charge in [0, 0.05) is 22.3 Å². The van der Waals surface area contributed by atoms with Crippen molar-refractivity contribution in [1.29, 1.82) is 0 Å². The summed E-state index contributed by atoms with van der Waals surface area (Å²) < 4.78 is 3.09. The van der Waals surface area contributed by atoms with E-state index in [9.17, 15) is 4.79 Å². The van der Waals surface area contributed by atoms with E-state index in [0.29, 0.717) is 12.1 Å². The molecule has 1 amide bonds. The minimum absolute atomic E-state index is 0.119. The largest absolute Gasteiger partial charge is 0.342 e. The van der Waals surface area contributed by atoms with Gasteiger partial charge in [0.1, 0.15) is 0 Å². The number of nitrogens with one attached hydrogen (secondary N) is 1. The van der Waals surface area contributed by atoms with Crippen molar-refractivity contribution in [3.8, 4) is 0 Å². The van der Waals surface area contributed by atoms with E-state index in [0.717, 1.165) is 21.2 Å². The maximum atomic E-state index is 12.7. The molecule has 1 N–H and O–H groups in total. The fraction of sp³-hybridized carbons (Fsp3) is 0.261. The normalized spacial score (nSPS) is 12.0. The van der Waals surface area contributed by atoms with Crippen LogP contribution in [0.2, 0.25) is 0 Å². The number of thioether (sulfide) groups is 1. The third-order valence-corrected chi connectivity index (χ3v) is 6.17. The fourth-order valence-electron chi connectivity index (χ4n) is 3.01. The first-order valence-corrected chi connectivity index (χ1v) is 11.5. The highest BCUT2D eigenvalue weighted by molar-refractivity contribution is 9.10. The van der Waals surface area contributed by atoms with Crippen LogP contribution in [0.15, 0.2) is 76.9 Å². The first-order chi connectivity index (χ1) is 14.5. The Morgan fingerprint density at radius 1 is 1.17 bits per heavy atom. The summed E-state index contributed by atoms with van der Waals surface area (Å²) in [6, 6.07) is 17.2. The molecule has 1 unspecified atom stereocenters. The summed E-state index contributed by atoms with van der Waals surface area (Å²) in [6.07, 6.45) is 1.83. The predicted molar refractivity (Wildman–Crippen MR) is 125 cm³/mol. The Labute approximate surface area is 190 Å². The standard InChI is InChI=1S/C23H25BrN4OS/c1-4-14-28-21(20(16(2)3)25-22(29)18-8-6-5-7-9-18)26-27-23(28)30-15-17-10-12-19(24)13-11-17/h4-13,16,20H,1,14-15H2,2-3H3,(H,25,29). The van der Waals surface area contributed by atoms with Gasteiger partial charge in [-0.3, -0.25) is 4.79 Å². The quantitative estimate of drug-likeness (QED) is 0.315. The molecule has 0 spiro atoms. The van der Waals surface area contributed by atoms with Crippen LogP contribution in [-0.4, -0.2) is 20.7 Å². The molecule has 156 valence electrons. The maximum Gasteiger partial charge on any atom is 0.251 e. The van der Waals surface area contributed by atoms with Crippen molar-refractivity contribution in [3.05, 3.63) is 88.7 Å². The molecule has 0 aliphatic rings. The molecule has 0 aliphatic heterocycles. The molecule has 1 heterocycles. The third kappa shape index (κ3) is 5.61. The first-order valence-electron chi connectivity index (χ1n) is 9.76. The third-order valence-electron chi connectivity index (χ3n) is 4.61. The summed E-state index contributed by atoms with van der Waals surface area (Å²) in [5.41, 5.74) is 1.83. The van der Waals surface area contributed by atoms with Crippen LogP contribution in [0.4, 0.5) is 0 Å². The van der Waals surface area contributed by atoms with E-state index in [4.69, 9.17) is 0 Å². The fourth-order valence-corrected chi connectivity index (χ4v) is 4.18. The SMILES string of the molecule is C=CCn1c(SCc2ccc(Br)cc2)nnc1C(NC(=O)c1ccccc1)C(C)C. The Hall–Kier alpha value is -2.38. The van der Waals surface area contributed by atoms with Crippen molar-refractivity contribution in [2.75, 3.05) is 0 Å². The van der Waals surface area contributed by atoms with Gasteiger partial charge in [0.15, 0.2) is 11.0 Å². The van der Waals surface area contributed by atoms with Crippen LogP contribution in [0.25, 0.3) is 0 Å². The van der Waals surface area contributed by atoms with Gasteiger partial charge < -0.3 is 9.88 Å². The van der Waals surface area contributed by atoms with E-state index in [1.54, 1.807) is 23.9 Å². The van der Waals surface area contributed by atoms with Crippen LogP contribution in [-0.2, 0) is 12.3 Å². The van der Waals surface area contributed by atoms with Gasteiger partial charge >= 0.3 is 0 Å². The molecule has 2 aromatic carbocycles. The predicted octanol–water partition coefficient (Wildman–Crippen LogP) is 5.65. The van der Waals surface area contributed by atoms with Crippen LogP contribution in [0.3, 0.4) is 0 Å². The van der Waals surface area contributed by atoms with Gasteiger partial charge in [-0.2, -0.15) is 0 Å². The zero-order valence-electron chi connectivity index (χ0n) is 17.1. The van der Waals surface area contributed by atoms with Crippen molar-refractivity contribution >= 4 is 33.6 Å². The smallest absolute Gasteiger partial charge is 0.251 e. The molecule has 0 fully saturated rings. The number of aromatic nitrogens is 3. The average molecular weight is 485 g/mol. The molecular weight excluding hydrogens is 460 g/mol. The molecule has 30 heavy (non-hydrogen) atoms. The van der Waals surface area contributed by atoms with Crippen LogP contribution < -0.4 is 5.32 Å². The van der Waals surface area contributed by atoms with Crippen molar-refractivity contribution < 1.29 is 4.79 Å². The van der Waals surface area contributed by atoms with Crippen molar-refractivity contribution in [2.24, 2.45) is 5.92 Å². The number of carbonyl (C=O) groups is 1. The molecule has 0 saturated carbocycles. The lowest BCUT2D eigenvalue weighted by molar-refractivity contribution is 0.0922. The van der Waals surface area contributed by atoms with Gasteiger partial charge in [0.05, 0.1) is 6.04 Å². The van der Waals surface area contributed by atoms with E-state index < -0.39 is 0 Å². The molecule has 5 nitrogen and oxygen atoms in total. The summed E-state index contributed by atoms with van der Waals surface area (Å²) in [7, 11) is 0. The Bertz CT molecular complexity index is 986. The lowest BCUT2D eigenvalue weighted by Gasteiger charge is -2.22. The van der Waals surface area contributed by atoms with Crippen molar-refractivity contribution in [1.82, 2.24) is 20.1 Å². The van der Waals surface area contributed by atoms with Gasteiger partial charge in [0.25, 0.3) is 5.91 Å². The van der Waals surface area contributed by atoms with E-state index in [1.807, 2.05) is 41.0 Å². The summed E-state index contributed by atoms with van der Waals surface area (Å²) in [5.74, 6) is 1.56. The molecule has 1 aromatic heterocycles. The number of hydrogen-bond acceptors (Lipinski definition) is 4. The zero-order chi connectivity index (χ0) is 21.5. The number of rotatable bonds is 9. The highest BCUT2D eigenvalue weighted by atomic mass is 79.9. The van der Waals surface area contributed by atoms with Gasteiger partial charge in [0.2, 0.25) is 0 Å². The van der Waals surface area contributed by atoms with Gasteiger partial charge in [-0.25, -0.2) is 0 Å². The molecule has 0 bridgehead atoms. The Balaban J connectivity index is 1.82. The van der Waals surface area contributed by atoms with E-state index in [2.05, 4.69) is 64.0 Å². The van der Waals surface area contributed by atoms with Gasteiger partial charge in [-0.1, -0.05) is 77.9 Å². The van der Waals surface area contributed by atoms with Crippen LogP contribution in [0.5, 0.6) is 0 Å². The monoisotopic (exact) mass is 484 g/mol. The summed E-state index contributed by atoms with van der Waals surface area (Å²) in [6.45, 7) is 8.59. The lowest BCUT2D eigenvalue weighted by Crippen LogP contribution is -2.33. The number of allylic oxidation sites excluding steroid dienone is 1. The number of benzene rings is 2. The number of halogens is 1. The average Bonchev–Trinajstić information content (AvgIpc) is 3.14. The maximum absolute atomic E-state index is 12.7. The van der Waals surface area contributed by atoms with Crippen molar-refractivity contribution in [3.63, 3.8) is 0 Å². The van der Waals surface area contributed by atoms with Gasteiger partial charge in [-0.15, -0.1) is 16.8 Å².